The van der Waals surface area contributed by atoms with Crippen LogP contribution < -0.4 is 4.74 Å². The summed E-state index contributed by atoms with van der Waals surface area (Å²) in [4.78, 5) is 18.5. The van der Waals surface area contributed by atoms with Crippen molar-refractivity contribution in [3.63, 3.8) is 0 Å². The number of nitrogens with zero attached hydrogens (tertiary/aromatic N) is 3. The van der Waals surface area contributed by atoms with Crippen LogP contribution in [0.1, 0.15) is 43.2 Å². The second-order valence-corrected chi connectivity index (χ2v) is 6.51. The van der Waals surface area contributed by atoms with Crippen molar-refractivity contribution in [3.8, 4) is 17.7 Å². The van der Waals surface area contributed by atoms with Crippen molar-refractivity contribution in [3.05, 3.63) is 53.7 Å². The second-order valence-electron chi connectivity index (χ2n) is 6.51. The molecule has 0 N–H and O–H groups in total. The molecule has 0 spiro atoms. The van der Waals surface area contributed by atoms with Crippen LogP contribution in [0.2, 0.25) is 0 Å². The van der Waals surface area contributed by atoms with Crippen LogP contribution in [0.3, 0.4) is 0 Å². The Morgan fingerprint density at radius 1 is 1.12 bits per heavy atom. The summed E-state index contributed by atoms with van der Waals surface area (Å²) in [5, 5.41) is 9.08. The summed E-state index contributed by atoms with van der Waals surface area (Å²) in [6.45, 7) is 1.80. The molecule has 1 amide bonds. The van der Waals surface area contributed by atoms with Crippen LogP contribution in [-0.2, 0) is 11.2 Å². The number of ether oxygens (including phenoxy) is 1. The number of carbonyl (C=O) groups excluding carboxylic acids is 1. The number of amides is 1. The Balaban J connectivity index is 1.54. The molecule has 0 aliphatic carbocycles. The topological polar surface area (TPSA) is 66.2 Å². The highest BCUT2D eigenvalue weighted by Crippen LogP contribution is 2.23. The summed E-state index contributed by atoms with van der Waals surface area (Å²) in [5.41, 5.74) is 1.50. The molecule has 1 aliphatic rings. The Hall–Kier alpha value is -2.87. The molecule has 3 rings (SSSR count). The van der Waals surface area contributed by atoms with Crippen LogP contribution in [0.15, 0.2) is 42.6 Å². The monoisotopic (exact) mass is 349 g/mol. The molecule has 0 radical (unpaired) electrons. The Bertz CT molecular complexity index is 773. The summed E-state index contributed by atoms with van der Waals surface area (Å²) in [7, 11) is 0. The fraction of sp³-hybridized carbons (Fsp3) is 0.381. The van der Waals surface area contributed by atoms with Crippen LogP contribution >= 0.6 is 0 Å². The largest absolute Gasteiger partial charge is 0.438 e. The fourth-order valence-electron chi connectivity index (χ4n) is 3.12. The van der Waals surface area contributed by atoms with Crippen molar-refractivity contribution in [2.45, 2.75) is 38.5 Å². The molecule has 1 fully saturated rings. The zero-order chi connectivity index (χ0) is 18.2. The predicted octanol–water partition coefficient (Wildman–Crippen LogP) is 4.08. The van der Waals surface area contributed by atoms with E-state index in [4.69, 9.17) is 10.00 Å². The average Bonchev–Trinajstić information content (AvgIpc) is 2.97. The van der Waals surface area contributed by atoms with E-state index >= 15 is 0 Å². The normalized spacial score (nSPS) is 14.3. The van der Waals surface area contributed by atoms with Gasteiger partial charge in [0.05, 0.1) is 0 Å². The molecule has 26 heavy (non-hydrogen) atoms. The molecule has 1 aromatic carbocycles. The van der Waals surface area contributed by atoms with Crippen LogP contribution in [0, 0.1) is 11.3 Å². The van der Waals surface area contributed by atoms with Gasteiger partial charge in [0.25, 0.3) is 0 Å². The number of likely N-dealkylation sites (tertiary alicyclic amines) is 1. The molecule has 5 heteroatoms. The van der Waals surface area contributed by atoms with Crippen LogP contribution in [0.5, 0.6) is 11.6 Å². The molecule has 5 nitrogen and oxygen atoms in total. The molecule has 2 heterocycles. The lowest BCUT2D eigenvalue weighted by molar-refractivity contribution is -0.131. The smallest absolute Gasteiger partial charge is 0.237 e. The first-order valence-electron chi connectivity index (χ1n) is 9.16. The number of aromatic nitrogens is 1. The van der Waals surface area contributed by atoms with Crippen molar-refractivity contribution in [1.82, 2.24) is 9.88 Å². The third-order valence-electron chi connectivity index (χ3n) is 4.62. The summed E-state index contributed by atoms with van der Waals surface area (Å²) in [5.74, 6) is 1.18. The maximum absolute atomic E-state index is 12.4. The predicted molar refractivity (Wildman–Crippen MR) is 98.8 cm³/mol. The summed E-state index contributed by atoms with van der Waals surface area (Å²) >= 11 is 0. The number of pyridine rings is 1. The highest BCUT2D eigenvalue weighted by atomic mass is 16.5. The molecular weight excluding hydrogens is 326 g/mol. The third-order valence-corrected chi connectivity index (χ3v) is 4.62. The van der Waals surface area contributed by atoms with Gasteiger partial charge in [-0.2, -0.15) is 5.26 Å². The minimum absolute atomic E-state index is 0.249. The maximum Gasteiger partial charge on any atom is 0.237 e. The first-order valence-corrected chi connectivity index (χ1v) is 9.16. The molecular formula is C21H23N3O2. The molecule has 0 saturated carbocycles. The van der Waals surface area contributed by atoms with E-state index < -0.39 is 0 Å². The van der Waals surface area contributed by atoms with Gasteiger partial charge in [-0.15, -0.1) is 0 Å². The highest BCUT2D eigenvalue weighted by molar-refractivity contribution is 5.76. The number of rotatable bonds is 5. The molecule has 134 valence electrons. The van der Waals surface area contributed by atoms with E-state index in [1.165, 1.54) is 12.8 Å². The van der Waals surface area contributed by atoms with Gasteiger partial charge in [0, 0.05) is 25.7 Å². The molecule has 1 aromatic heterocycles. The lowest BCUT2D eigenvalue weighted by Crippen LogP contribution is -2.31. The third kappa shape index (κ3) is 4.82. The number of benzene rings is 1. The van der Waals surface area contributed by atoms with E-state index in [0.717, 1.165) is 37.9 Å². The average molecular weight is 349 g/mol. The van der Waals surface area contributed by atoms with Crippen molar-refractivity contribution in [2.75, 3.05) is 13.1 Å². The zero-order valence-corrected chi connectivity index (χ0v) is 14.9. The maximum atomic E-state index is 12.4. The van der Waals surface area contributed by atoms with E-state index in [0.29, 0.717) is 23.6 Å². The molecule has 1 saturated heterocycles. The Morgan fingerprint density at radius 3 is 2.54 bits per heavy atom. The van der Waals surface area contributed by atoms with Gasteiger partial charge in [-0.1, -0.05) is 25.0 Å². The van der Waals surface area contributed by atoms with Gasteiger partial charge in [-0.3, -0.25) is 4.79 Å². The quantitative estimate of drug-likeness (QED) is 0.816. The first kappa shape index (κ1) is 17.9. The minimum atomic E-state index is 0.249. The minimum Gasteiger partial charge on any atom is -0.438 e. The van der Waals surface area contributed by atoms with Crippen molar-refractivity contribution in [2.24, 2.45) is 0 Å². The standard InChI is InChI=1S/C21H23N3O2/c22-16-18-6-5-13-23-21(18)26-19-10-7-17(8-11-19)9-12-20(25)24-14-3-1-2-4-15-24/h5-8,10-11,13H,1-4,9,12,14-15H2. The second kappa shape index (κ2) is 9.00. The van der Waals surface area contributed by atoms with Crippen molar-refractivity contribution >= 4 is 5.91 Å². The number of nitriles is 1. The van der Waals surface area contributed by atoms with Gasteiger partial charge in [0.1, 0.15) is 17.4 Å². The van der Waals surface area contributed by atoms with Gasteiger partial charge in [0.15, 0.2) is 0 Å². The summed E-state index contributed by atoms with van der Waals surface area (Å²) < 4.78 is 5.68. The van der Waals surface area contributed by atoms with Crippen LogP contribution in [-0.4, -0.2) is 28.9 Å². The highest BCUT2D eigenvalue weighted by Gasteiger charge is 2.15. The first-order chi connectivity index (χ1) is 12.8. The van der Waals surface area contributed by atoms with E-state index in [-0.39, 0.29) is 5.91 Å². The number of aryl methyl sites for hydroxylation is 1. The van der Waals surface area contributed by atoms with Crippen molar-refractivity contribution < 1.29 is 9.53 Å². The van der Waals surface area contributed by atoms with Gasteiger partial charge in [-0.05, 0) is 49.1 Å². The molecule has 0 unspecified atom stereocenters. The van der Waals surface area contributed by atoms with Gasteiger partial charge >= 0.3 is 0 Å². The molecule has 2 aromatic rings. The van der Waals surface area contributed by atoms with Gasteiger partial charge in [-0.25, -0.2) is 4.98 Å². The lowest BCUT2D eigenvalue weighted by atomic mass is 10.1. The van der Waals surface area contributed by atoms with E-state index in [9.17, 15) is 4.79 Å². The van der Waals surface area contributed by atoms with Crippen molar-refractivity contribution in [1.29, 1.82) is 5.26 Å². The van der Waals surface area contributed by atoms with Crippen LogP contribution in [0.4, 0.5) is 0 Å². The van der Waals surface area contributed by atoms with E-state index in [2.05, 4.69) is 11.1 Å². The Labute approximate surface area is 154 Å². The number of hydrogen-bond donors (Lipinski definition) is 0. The van der Waals surface area contributed by atoms with E-state index in [1.54, 1.807) is 18.3 Å². The number of hydrogen-bond acceptors (Lipinski definition) is 4. The van der Waals surface area contributed by atoms with Gasteiger partial charge in [0.2, 0.25) is 11.8 Å². The molecule has 1 aliphatic heterocycles. The zero-order valence-electron chi connectivity index (χ0n) is 14.9. The summed E-state index contributed by atoms with van der Waals surface area (Å²) in [6.07, 6.45) is 7.57. The van der Waals surface area contributed by atoms with Crippen LogP contribution in [0.25, 0.3) is 0 Å². The number of carbonyl (C=O) groups is 1. The Kier molecular flexibility index (Phi) is 6.21. The molecule has 0 atom stereocenters. The molecule has 0 bridgehead atoms. The van der Waals surface area contributed by atoms with E-state index in [1.807, 2.05) is 29.2 Å². The fourth-order valence-corrected chi connectivity index (χ4v) is 3.12. The lowest BCUT2D eigenvalue weighted by Gasteiger charge is -2.20. The Morgan fingerprint density at radius 2 is 1.85 bits per heavy atom. The SMILES string of the molecule is N#Cc1cccnc1Oc1ccc(CCC(=O)N2CCCCCC2)cc1. The summed E-state index contributed by atoms with van der Waals surface area (Å²) in [6, 6.07) is 13.1. The van der Waals surface area contributed by atoms with Gasteiger partial charge < -0.3 is 9.64 Å².